The standard InChI is InChI=1S/C11H16N4O/c1-4-7-9-12-10(14-13-9)11(16)15(6-3)8-5-2/h2H,4,6-8H2,1,3H3,(H,12,13,14). The maximum Gasteiger partial charge on any atom is 0.294 e. The Balaban J connectivity index is 2.75. The summed E-state index contributed by atoms with van der Waals surface area (Å²) in [5.41, 5.74) is 0. The van der Waals surface area contributed by atoms with Gasteiger partial charge in [-0.2, -0.15) is 0 Å². The topological polar surface area (TPSA) is 61.9 Å². The lowest BCUT2D eigenvalue weighted by atomic mass is 10.3. The lowest BCUT2D eigenvalue weighted by Gasteiger charge is -2.15. The number of aryl methyl sites for hydroxylation is 1. The molecule has 0 aliphatic heterocycles. The minimum atomic E-state index is -0.223. The Labute approximate surface area is 95.3 Å². The van der Waals surface area contributed by atoms with Crippen molar-refractivity contribution in [2.24, 2.45) is 0 Å². The first kappa shape index (κ1) is 12.2. The molecule has 1 aromatic rings. The maximum atomic E-state index is 11.9. The van der Waals surface area contributed by atoms with Gasteiger partial charge in [0.05, 0.1) is 6.54 Å². The second-order valence-corrected chi connectivity index (χ2v) is 3.38. The van der Waals surface area contributed by atoms with Crippen LogP contribution in [0.4, 0.5) is 0 Å². The molecule has 0 saturated heterocycles. The molecule has 0 aliphatic carbocycles. The number of H-pyrrole nitrogens is 1. The van der Waals surface area contributed by atoms with E-state index in [0.717, 1.165) is 18.7 Å². The highest BCUT2D eigenvalue weighted by Crippen LogP contribution is 2.01. The molecule has 0 fully saturated rings. The summed E-state index contributed by atoms with van der Waals surface area (Å²) < 4.78 is 0. The number of hydrogen-bond donors (Lipinski definition) is 1. The summed E-state index contributed by atoms with van der Waals surface area (Å²) >= 11 is 0. The third-order valence-electron chi connectivity index (χ3n) is 2.16. The average Bonchev–Trinajstić information content (AvgIpc) is 2.74. The Kier molecular flexibility index (Phi) is 4.52. The molecule has 0 atom stereocenters. The van der Waals surface area contributed by atoms with Crippen LogP contribution in [0.15, 0.2) is 0 Å². The Morgan fingerprint density at radius 3 is 2.88 bits per heavy atom. The third kappa shape index (κ3) is 2.83. The second-order valence-electron chi connectivity index (χ2n) is 3.38. The molecule has 0 unspecified atom stereocenters. The van der Waals surface area contributed by atoms with Gasteiger partial charge in [-0.05, 0) is 13.3 Å². The lowest BCUT2D eigenvalue weighted by Crippen LogP contribution is -2.31. The van der Waals surface area contributed by atoms with Crippen LogP contribution in [-0.2, 0) is 6.42 Å². The van der Waals surface area contributed by atoms with Gasteiger partial charge in [0, 0.05) is 13.0 Å². The third-order valence-corrected chi connectivity index (χ3v) is 2.16. The van der Waals surface area contributed by atoms with Gasteiger partial charge in [-0.25, -0.2) is 4.98 Å². The fraction of sp³-hybridized carbons (Fsp3) is 0.545. The number of carbonyl (C=O) groups is 1. The van der Waals surface area contributed by atoms with E-state index in [-0.39, 0.29) is 18.3 Å². The highest BCUT2D eigenvalue weighted by atomic mass is 16.2. The van der Waals surface area contributed by atoms with E-state index in [2.05, 4.69) is 21.1 Å². The van der Waals surface area contributed by atoms with Crippen molar-refractivity contribution in [1.82, 2.24) is 20.1 Å². The van der Waals surface area contributed by atoms with Gasteiger partial charge in [0.25, 0.3) is 5.91 Å². The molecular weight excluding hydrogens is 204 g/mol. The van der Waals surface area contributed by atoms with E-state index in [1.54, 1.807) is 0 Å². The molecule has 0 aliphatic rings. The van der Waals surface area contributed by atoms with Gasteiger partial charge < -0.3 is 4.90 Å². The lowest BCUT2D eigenvalue weighted by molar-refractivity contribution is 0.0773. The first-order valence-electron chi connectivity index (χ1n) is 5.36. The largest absolute Gasteiger partial charge is 0.325 e. The second kappa shape index (κ2) is 5.91. The van der Waals surface area contributed by atoms with Gasteiger partial charge in [-0.3, -0.25) is 9.89 Å². The Morgan fingerprint density at radius 1 is 1.56 bits per heavy atom. The van der Waals surface area contributed by atoms with Crippen LogP contribution in [0.1, 0.15) is 36.7 Å². The number of aromatic nitrogens is 3. The summed E-state index contributed by atoms with van der Waals surface area (Å²) in [6.07, 6.45) is 6.94. The van der Waals surface area contributed by atoms with Crippen molar-refractivity contribution >= 4 is 5.91 Å². The van der Waals surface area contributed by atoms with Gasteiger partial charge in [0.15, 0.2) is 0 Å². The highest BCUT2D eigenvalue weighted by molar-refractivity contribution is 5.90. The van der Waals surface area contributed by atoms with Gasteiger partial charge >= 0.3 is 0 Å². The van der Waals surface area contributed by atoms with E-state index in [1.165, 1.54) is 4.90 Å². The summed E-state index contributed by atoms with van der Waals surface area (Å²) in [7, 11) is 0. The summed E-state index contributed by atoms with van der Waals surface area (Å²) in [6.45, 7) is 4.75. The van der Waals surface area contributed by atoms with Crippen LogP contribution in [0, 0.1) is 12.3 Å². The SMILES string of the molecule is C#CCN(CC)C(=O)c1n[nH]c(CCC)n1. The number of aromatic amines is 1. The predicted octanol–water partition coefficient (Wildman–Crippen LogP) is 0.852. The minimum Gasteiger partial charge on any atom is -0.325 e. The number of nitrogens with zero attached hydrogens (tertiary/aromatic N) is 3. The summed E-state index contributed by atoms with van der Waals surface area (Å²) in [5.74, 6) is 3.15. The van der Waals surface area contributed by atoms with Gasteiger partial charge in [0.2, 0.25) is 5.82 Å². The van der Waals surface area contributed by atoms with Crippen molar-refractivity contribution in [2.45, 2.75) is 26.7 Å². The molecular formula is C11H16N4O. The number of terminal acetylenes is 1. The monoisotopic (exact) mass is 220 g/mol. The molecule has 16 heavy (non-hydrogen) atoms. The van der Waals surface area contributed by atoms with E-state index in [4.69, 9.17) is 6.42 Å². The van der Waals surface area contributed by atoms with Crippen molar-refractivity contribution in [1.29, 1.82) is 0 Å². The number of amides is 1. The summed E-state index contributed by atoms with van der Waals surface area (Å²) in [6, 6.07) is 0. The van der Waals surface area contributed by atoms with Crippen LogP contribution >= 0.6 is 0 Å². The van der Waals surface area contributed by atoms with Gasteiger partial charge in [-0.15, -0.1) is 11.5 Å². The fourth-order valence-corrected chi connectivity index (χ4v) is 1.32. The van der Waals surface area contributed by atoms with Crippen molar-refractivity contribution in [3.63, 3.8) is 0 Å². The minimum absolute atomic E-state index is 0.195. The molecule has 5 nitrogen and oxygen atoms in total. The van der Waals surface area contributed by atoms with E-state index in [9.17, 15) is 4.79 Å². The first-order valence-corrected chi connectivity index (χ1v) is 5.36. The summed E-state index contributed by atoms with van der Waals surface area (Å²) in [5, 5.41) is 6.64. The predicted molar refractivity (Wildman–Crippen MR) is 60.8 cm³/mol. The molecule has 5 heteroatoms. The maximum absolute atomic E-state index is 11.9. The van der Waals surface area contributed by atoms with Crippen LogP contribution in [0.25, 0.3) is 0 Å². The molecule has 0 bridgehead atoms. The smallest absolute Gasteiger partial charge is 0.294 e. The molecule has 1 amide bonds. The molecule has 0 aromatic carbocycles. The quantitative estimate of drug-likeness (QED) is 0.748. The summed E-state index contributed by atoms with van der Waals surface area (Å²) in [4.78, 5) is 17.5. The molecule has 1 N–H and O–H groups in total. The van der Waals surface area contributed by atoms with Crippen molar-refractivity contribution in [3.05, 3.63) is 11.6 Å². The normalized spacial score (nSPS) is 9.81. The van der Waals surface area contributed by atoms with Crippen LogP contribution < -0.4 is 0 Å². The molecule has 1 rings (SSSR count). The number of nitrogens with one attached hydrogen (secondary N) is 1. The van der Waals surface area contributed by atoms with Crippen molar-refractivity contribution in [3.8, 4) is 12.3 Å². The van der Waals surface area contributed by atoms with E-state index >= 15 is 0 Å². The van der Waals surface area contributed by atoms with Crippen molar-refractivity contribution < 1.29 is 4.79 Å². The van der Waals surface area contributed by atoms with Crippen LogP contribution in [0.5, 0.6) is 0 Å². The number of hydrogen-bond acceptors (Lipinski definition) is 3. The Morgan fingerprint density at radius 2 is 2.31 bits per heavy atom. The fourth-order valence-electron chi connectivity index (χ4n) is 1.32. The molecule has 1 aromatic heterocycles. The molecule has 1 heterocycles. The van der Waals surface area contributed by atoms with Crippen LogP contribution in [0.2, 0.25) is 0 Å². The Bertz CT molecular complexity index is 391. The van der Waals surface area contributed by atoms with Gasteiger partial charge in [0.1, 0.15) is 5.82 Å². The van der Waals surface area contributed by atoms with E-state index in [0.29, 0.717) is 6.54 Å². The van der Waals surface area contributed by atoms with E-state index < -0.39 is 0 Å². The Hall–Kier alpha value is -1.83. The molecule has 86 valence electrons. The van der Waals surface area contributed by atoms with Gasteiger partial charge in [-0.1, -0.05) is 12.8 Å². The zero-order chi connectivity index (χ0) is 12.0. The number of carbonyl (C=O) groups excluding carboxylic acids is 1. The zero-order valence-corrected chi connectivity index (χ0v) is 9.66. The highest BCUT2D eigenvalue weighted by Gasteiger charge is 2.17. The van der Waals surface area contributed by atoms with Crippen molar-refractivity contribution in [2.75, 3.05) is 13.1 Å². The van der Waals surface area contributed by atoms with Crippen LogP contribution in [-0.4, -0.2) is 39.1 Å². The average molecular weight is 220 g/mol. The molecule has 0 radical (unpaired) electrons. The number of rotatable bonds is 5. The first-order chi connectivity index (χ1) is 7.72. The molecule has 0 spiro atoms. The van der Waals surface area contributed by atoms with E-state index in [1.807, 2.05) is 13.8 Å². The zero-order valence-electron chi connectivity index (χ0n) is 9.66. The molecule has 0 saturated carbocycles. The van der Waals surface area contributed by atoms with Crippen LogP contribution in [0.3, 0.4) is 0 Å².